The molecule has 1 aromatic carbocycles. The molecule has 1 N–H and O–H groups in total. The van der Waals surface area contributed by atoms with Crippen molar-refractivity contribution >= 4 is 15.9 Å². The van der Waals surface area contributed by atoms with Crippen molar-refractivity contribution in [1.82, 2.24) is 5.32 Å². The van der Waals surface area contributed by atoms with Crippen LogP contribution in [0.2, 0.25) is 0 Å². The van der Waals surface area contributed by atoms with Gasteiger partial charge < -0.3 is 10.1 Å². The number of rotatable bonds is 6. The van der Waals surface area contributed by atoms with Gasteiger partial charge in [0.1, 0.15) is 0 Å². The minimum absolute atomic E-state index is 0.112. The van der Waals surface area contributed by atoms with Gasteiger partial charge in [-0.15, -0.1) is 0 Å². The minimum atomic E-state index is 0.112. The predicted molar refractivity (Wildman–Crippen MR) is 87.9 cm³/mol. The average Bonchev–Trinajstić information content (AvgIpc) is 2.30. The van der Waals surface area contributed by atoms with E-state index in [0.717, 1.165) is 24.0 Å². The van der Waals surface area contributed by atoms with Gasteiger partial charge in [-0.3, -0.25) is 0 Å². The molecule has 1 fully saturated rings. The second-order valence-electron chi connectivity index (χ2n) is 6.88. The highest BCUT2D eigenvalue weighted by Gasteiger charge is 2.37. The molecule has 1 saturated carbocycles. The Morgan fingerprint density at radius 1 is 1.30 bits per heavy atom. The Bertz CT molecular complexity index is 435. The second-order valence-corrected chi connectivity index (χ2v) is 7.80. The molecule has 112 valence electrons. The average molecular weight is 340 g/mol. The van der Waals surface area contributed by atoms with Crippen LogP contribution >= 0.6 is 15.9 Å². The van der Waals surface area contributed by atoms with Gasteiger partial charge in [0.05, 0.1) is 12.2 Å². The van der Waals surface area contributed by atoms with Gasteiger partial charge in [-0.2, -0.15) is 0 Å². The van der Waals surface area contributed by atoms with E-state index in [2.05, 4.69) is 66.3 Å². The molecule has 20 heavy (non-hydrogen) atoms. The van der Waals surface area contributed by atoms with Crippen LogP contribution < -0.4 is 5.32 Å². The van der Waals surface area contributed by atoms with Crippen LogP contribution in [-0.4, -0.2) is 17.7 Å². The van der Waals surface area contributed by atoms with Crippen LogP contribution in [0.15, 0.2) is 28.7 Å². The molecule has 1 aromatic rings. The van der Waals surface area contributed by atoms with E-state index in [1.54, 1.807) is 0 Å². The molecule has 0 atom stereocenters. The van der Waals surface area contributed by atoms with Crippen molar-refractivity contribution in [2.45, 2.75) is 64.2 Å². The van der Waals surface area contributed by atoms with Crippen LogP contribution in [0.25, 0.3) is 0 Å². The Morgan fingerprint density at radius 2 is 2.05 bits per heavy atom. The highest BCUT2D eigenvalue weighted by molar-refractivity contribution is 9.10. The summed E-state index contributed by atoms with van der Waals surface area (Å²) < 4.78 is 7.38. The SMILES string of the molecule is CC(C)(C)NCCC1(OCc2cccc(Br)c2)CCC1. The topological polar surface area (TPSA) is 21.3 Å². The molecule has 0 saturated heterocycles. The van der Waals surface area contributed by atoms with Crippen molar-refractivity contribution in [3.63, 3.8) is 0 Å². The molecule has 2 nitrogen and oxygen atoms in total. The van der Waals surface area contributed by atoms with E-state index in [-0.39, 0.29) is 11.1 Å². The van der Waals surface area contributed by atoms with Crippen LogP contribution in [0.4, 0.5) is 0 Å². The summed E-state index contributed by atoms with van der Waals surface area (Å²) in [6, 6.07) is 8.39. The molecular formula is C17H26BrNO. The van der Waals surface area contributed by atoms with Crippen LogP contribution in [-0.2, 0) is 11.3 Å². The monoisotopic (exact) mass is 339 g/mol. The molecule has 3 heteroatoms. The van der Waals surface area contributed by atoms with Crippen molar-refractivity contribution in [2.24, 2.45) is 0 Å². The lowest BCUT2D eigenvalue weighted by Gasteiger charge is -2.42. The maximum atomic E-state index is 6.26. The van der Waals surface area contributed by atoms with Crippen molar-refractivity contribution < 1.29 is 4.74 Å². The third kappa shape index (κ3) is 4.87. The summed E-state index contributed by atoms with van der Waals surface area (Å²) in [5.74, 6) is 0. The third-order valence-electron chi connectivity index (χ3n) is 3.93. The van der Waals surface area contributed by atoms with E-state index in [9.17, 15) is 0 Å². The molecule has 0 bridgehead atoms. The van der Waals surface area contributed by atoms with Crippen molar-refractivity contribution in [1.29, 1.82) is 0 Å². The Morgan fingerprint density at radius 3 is 2.60 bits per heavy atom. The van der Waals surface area contributed by atoms with Crippen molar-refractivity contribution in [3.05, 3.63) is 34.3 Å². The lowest BCUT2D eigenvalue weighted by atomic mass is 9.77. The summed E-state index contributed by atoms with van der Waals surface area (Å²) in [6.45, 7) is 8.38. The number of nitrogens with one attached hydrogen (secondary N) is 1. The molecular weight excluding hydrogens is 314 g/mol. The summed E-state index contributed by atoms with van der Waals surface area (Å²) in [4.78, 5) is 0. The summed E-state index contributed by atoms with van der Waals surface area (Å²) in [5.41, 5.74) is 1.55. The minimum Gasteiger partial charge on any atom is -0.370 e. The largest absolute Gasteiger partial charge is 0.370 e. The quantitative estimate of drug-likeness (QED) is 0.813. The van der Waals surface area contributed by atoms with Crippen LogP contribution in [0.5, 0.6) is 0 Å². The zero-order valence-electron chi connectivity index (χ0n) is 12.8. The molecule has 0 aliphatic heterocycles. The lowest BCUT2D eigenvalue weighted by Crippen LogP contribution is -2.45. The normalized spacial score (nSPS) is 17.8. The fraction of sp³-hybridized carbons (Fsp3) is 0.647. The lowest BCUT2D eigenvalue weighted by molar-refractivity contribution is -0.114. The molecule has 0 aromatic heterocycles. The van der Waals surface area contributed by atoms with E-state index in [1.807, 2.05) is 0 Å². The molecule has 1 aliphatic rings. The van der Waals surface area contributed by atoms with E-state index in [0.29, 0.717) is 0 Å². The number of hydrogen-bond donors (Lipinski definition) is 1. The maximum Gasteiger partial charge on any atom is 0.0724 e. The third-order valence-corrected chi connectivity index (χ3v) is 4.43. The summed E-state index contributed by atoms with van der Waals surface area (Å²) in [7, 11) is 0. The highest BCUT2D eigenvalue weighted by atomic mass is 79.9. The number of benzene rings is 1. The van der Waals surface area contributed by atoms with Gasteiger partial charge in [0.25, 0.3) is 0 Å². The van der Waals surface area contributed by atoms with E-state index < -0.39 is 0 Å². The fourth-order valence-electron chi connectivity index (χ4n) is 2.57. The number of halogens is 1. The van der Waals surface area contributed by atoms with Crippen molar-refractivity contribution in [3.8, 4) is 0 Å². The molecule has 0 unspecified atom stereocenters. The fourth-order valence-corrected chi connectivity index (χ4v) is 3.01. The summed E-state index contributed by atoms with van der Waals surface area (Å²) in [6.07, 6.45) is 4.81. The maximum absolute atomic E-state index is 6.26. The first-order valence-electron chi connectivity index (χ1n) is 7.52. The van der Waals surface area contributed by atoms with E-state index in [1.165, 1.54) is 24.8 Å². The summed E-state index contributed by atoms with van der Waals surface area (Å²) in [5, 5.41) is 3.57. The van der Waals surface area contributed by atoms with Crippen LogP contribution in [0, 0.1) is 0 Å². The molecule has 0 amide bonds. The second kappa shape index (κ2) is 6.59. The smallest absolute Gasteiger partial charge is 0.0724 e. The van der Waals surface area contributed by atoms with Crippen LogP contribution in [0.1, 0.15) is 52.0 Å². The van der Waals surface area contributed by atoms with Crippen molar-refractivity contribution in [2.75, 3.05) is 6.54 Å². The Labute approximate surface area is 131 Å². The standard InChI is InChI=1S/C17H26BrNO/c1-16(2,3)19-11-10-17(8-5-9-17)20-13-14-6-4-7-15(18)12-14/h4,6-7,12,19H,5,8-11,13H2,1-3H3. The summed E-state index contributed by atoms with van der Waals surface area (Å²) >= 11 is 3.51. The Kier molecular flexibility index (Phi) is 5.27. The predicted octanol–water partition coefficient (Wildman–Crippen LogP) is 4.67. The molecule has 2 rings (SSSR count). The van der Waals surface area contributed by atoms with Gasteiger partial charge in [-0.25, -0.2) is 0 Å². The van der Waals surface area contributed by atoms with E-state index >= 15 is 0 Å². The van der Waals surface area contributed by atoms with Gasteiger partial charge in [0.15, 0.2) is 0 Å². The first-order chi connectivity index (χ1) is 9.39. The molecule has 0 heterocycles. The first kappa shape index (κ1) is 16.0. The van der Waals surface area contributed by atoms with Gasteiger partial charge in [0, 0.05) is 10.0 Å². The number of hydrogen-bond acceptors (Lipinski definition) is 2. The van der Waals surface area contributed by atoms with Gasteiger partial charge in [-0.1, -0.05) is 28.1 Å². The first-order valence-corrected chi connectivity index (χ1v) is 8.31. The van der Waals surface area contributed by atoms with Gasteiger partial charge >= 0.3 is 0 Å². The zero-order chi connectivity index (χ0) is 14.6. The van der Waals surface area contributed by atoms with Gasteiger partial charge in [0.2, 0.25) is 0 Å². The van der Waals surface area contributed by atoms with Crippen LogP contribution in [0.3, 0.4) is 0 Å². The van der Waals surface area contributed by atoms with E-state index in [4.69, 9.17) is 4.74 Å². The van der Waals surface area contributed by atoms with Gasteiger partial charge in [-0.05, 0) is 70.7 Å². The number of ether oxygens (including phenoxy) is 1. The Hall–Kier alpha value is -0.380. The molecule has 0 radical (unpaired) electrons. The molecule has 0 spiro atoms. The molecule has 1 aliphatic carbocycles. The highest BCUT2D eigenvalue weighted by Crippen LogP contribution is 2.39. The Balaban J connectivity index is 1.82. The zero-order valence-corrected chi connectivity index (χ0v) is 14.4.